The van der Waals surface area contributed by atoms with Crippen LogP contribution in [0.1, 0.15) is 32.1 Å². The number of ether oxygens (including phenoxy) is 1. The summed E-state index contributed by atoms with van der Waals surface area (Å²) >= 11 is 0. The number of amides is 2. The van der Waals surface area contributed by atoms with Crippen molar-refractivity contribution in [3.8, 4) is 5.75 Å². The fourth-order valence-corrected chi connectivity index (χ4v) is 4.16. The van der Waals surface area contributed by atoms with E-state index in [9.17, 15) is 9.59 Å². The van der Waals surface area contributed by atoms with Gasteiger partial charge in [-0.2, -0.15) is 0 Å². The topological polar surface area (TPSA) is 93.5 Å². The molecule has 7 heteroatoms. The SMILES string of the molecule is Cl.NC1CC2CCCC(C1)C2NC(=O)CNC(=O)COc1ccccc1. The standard InChI is InChI=1S/C19H27N3O3.ClH/c20-15-9-13-5-4-6-14(10-15)19(13)22-17(23)11-21-18(24)12-25-16-7-2-1-3-8-16;/h1-3,7-8,13-15,19H,4-6,9-12,20H2,(H,21,24)(H,22,23);1H. The van der Waals surface area contributed by atoms with Gasteiger partial charge in [0, 0.05) is 12.1 Å². The van der Waals surface area contributed by atoms with E-state index in [1.807, 2.05) is 18.2 Å². The molecule has 2 fully saturated rings. The maximum atomic E-state index is 12.2. The van der Waals surface area contributed by atoms with Crippen LogP contribution in [0.3, 0.4) is 0 Å². The van der Waals surface area contributed by atoms with E-state index in [-0.39, 0.29) is 49.5 Å². The molecule has 0 aliphatic heterocycles. The number of halogens is 1. The number of fused-ring (bicyclic) bond motifs is 2. The minimum atomic E-state index is -0.301. The maximum Gasteiger partial charge on any atom is 0.258 e. The van der Waals surface area contributed by atoms with E-state index < -0.39 is 0 Å². The zero-order chi connectivity index (χ0) is 17.6. The predicted molar refractivity (Wildman–Crippen MR) is 102 cm³/mol. The van der Waals surface area contributed by atoms with Gasteiger partial charge < -0.3 is 21.1 Å². The van der Waals surface area contributed by atoms with Crippen LogP contribution in [0.15, 0.2) is 30.3 Å². The molecule has 144 valence electrons. The van der Waals surface area contributed by atoms with E-state index in [2.05, 4.69) is 10.6 Å². The highest BCUT2D eigenvalue weighted by molar-refractivity contribution is 5.85. The zero-order valence-electron chi connectivity index (χ0n) is 14.9. The van der Waals surface area contributed by atoms with Crippen molar-refractivity contribution in [1.82, 2.24) is 10.6 Å². The van der Waals surface area contributed by atoms with Crippen LogP contribution < -0.4 is 21.1 Å². The summed E-state index contributed by atoms with van der Waals surface area (Å²) in [6, 6.07) is 9.60. The van der Waals surface area contributed by atoms with Crippen LogP contribution in [-0.4, -0.2) is 37.0 Å². The van der Waals surface area contributed by atoms with E-state index in [4.69, 9.17) is 10.5 Å². The number of hydrogen-bond acceptors (Lipinski definition) is 4. The number of benzene rings is 1. The Morgan fingerprint density at radius 2 is 1.73 bits per heavy atom. The van der Waals surface area contributed by atoms with Crippen molar-refractivity contribution in [3.05, 3.63) is 30.3 Å². The van der Waals surface area contributed by atoms with Crippen molar-refractivity contribution in [3.63, 3.8) is 0 Å². The van der Waals surface area contributed by atoms with Crippen molar-refractivity contribution in [2.45, 2.75) is 44.2 Å². The Balaban J connectivity index is 0.00000243. The first-order valence-electron chi connectivity index (χ1n) is 9.11. The number of hydrogen-bond donors (Lipinski definition) is 3. The number of carbonyl (C=O) groups is 2. The molecule has 0 spiro atoms. The molecule has 0 saturated heterocycles. The number of rotatable bonds is 6. The van der Waals surface area contributed by atoms with Crippen molar-refractivity contribution in [2.24, 2.45) is 17.6 Å². The summed E-state index contributed by atoms with van der Waals surface area (Å²) in [6.07, 6.45) is 5.46. The largest absolute Gasteiger partial charge is 0.484 e. The van der Waals surface area contributed by atoms with E-state index in [0.717, 1.165) is 25.7 Å². The van der Waals surface area contributed by atoms with Gasteiger partial charge in [0.2, 0.25) is 5.91 Å². The molecule has 3 rings (SSSR count). The molecule has 0 heterocycles. The number of carbonyl (C=O) groups excluding carboxylic acids is 2. The average Bonchev–Trinajstić information content (AvgIpc) is 2.60. The normalized spacial score (nSPS) is 27.0. The average molecular weight is 382 g/mol. The smallest absolute Gasteiger partial charge is 0.258 e. The van der Waals surface area contributed by atoms with Gasteiger partial charge in [-0.15, -0.1) is 12.4 Å². The van der Waals surface area contributed by atoms with Crippen LogP contribution in [0, 0.1) is 11.8 Å². The van der Waals surface area contributed by atoms with Crippen LogP contribution >= 0.6 is 12.4 Å². The summed E-state index contributed by atoms with van der Waals surface area (Å²) in [7, 11) is 0. The molecule has 6 nitrogen and oxygen atoms in total. The summed E-state index contributed by atoms with van der Waals surface area (Å²) in [6.45, 7) is -0.111. The summed E-state index contributed by atoms with van der Waals surface area (Å²) in [5.74, 6) is 1.15. The molecule has 1 aromatic rings. The van der Waals surface area contributed by atoms with E-state index in [0.29, 0.717) is 17.6 Å². The van der Waals surface area contributed by atoms with Crippen LogP contribution in [-0.2, 0) is 9.59 Å². The Hall–Kier alpha value is -1.79. The Morgan fingerprint density at radius 3 is 2.38 bits per heavy atom. The Labute approximate surface area is 160 Å². The second-order valence-electron chi connectivity index (χ2n) is 7.15. The summed E-state index contributed by atoms with van der Waals surface area (Å²) in [5.41, 5.74) is 6.11. The molecule has 0 radical (unpaired) electrons. The highest BCUT2D eigenvalue weighted by atomic mass is 35.5. The third kappa shape index (κ3) is 5.61. The molecule has 2 amide bonds. The Bertz CT molecular complexity index is 585. The van der Waals surface area contributed by atoms with Gasteiger partial charge in [-0.25, -0.2) is 0 Å². The lowest BCUT2D eigenvalue weighted by molar-refractivity contribution is -0.128. The predicted octanol–water partition coefficient (Wildman–Crippen LogP) is 1.63. The minimum Gasteiger partial charge on any atom is -0.484 e. The molecule has 26 heavy (non-hydrogen) atoms. The summed E-state index contributed by atoms with van der Waals surface area (Å²) < 4.78 is 5.36. The van der Waals surface area contributed by atoms with Crippen LogP contribution in [0.4, 0.5) is 0 Å². The lowest BCUT2D eigenvalue weighted by Crippen LogP contribution is -2.55. The monoisotopic (exact) mass is 381 g/mol. The van der Waals surface area contributed by atoms with Gasteiger partial charge in [0.25, 0.3) is 5.91 Å². The third-order valence-corrected chi connectivity index (χ3v) is 5.26. The van der Waals surface area contributed by atoms with Crippen molar-refractivity contribution in [1.29, 1.82) is 0 Å². The van der Waals surface area contributed by atoms with Gasteiger partial charge in [-0.3, -0.25) is 9.59 Å². The first kappa shape index (κ1) is 20.5. The van der Waals surface area contributed by atoms with Gasteiger partial charge in [-0.1, -0.05) is 24.6 Å². The molecule has 1 aromatic carbocycles. The highest BCUT2D eigenvalue weighted by Crippen LogP contribution is 2.39. The summed E-state index contributed by atoms with van der Waals surface area (Å²) in [4.78, 5) is 24.0. The number of para-hydroxylation sites is 1. The summed E-state index contributed by atoms with van der Waals surface area (Å²) in [5, 5.41) is 5.74. The molecule has 2 aliphatic rings. The van der Waals surface area contributed by atoms with Crippen LogP contribution in [0.2, 0.25) is 0 Å². The lowest BCUT2D eigenvalue weighted by atomic mass is 9.67. The first-order valence-corrected chi connectivity index (χ1v) is 9.11. The molecule has 2 unspecified atom stereocenters. The maximum absolute atomic E-state index is 12.2. The van der Waals surface area contributed by atoms with Gasteiger partial charge >= 0.3 is 0 Å². The van der Waals surface area contributed by atoms with Gasteiger partial charge in [-0.05, 0) is 49.7 Å². The molecule has 2 bridgehead atoms. The van der Waals surface area contributed by atoms with Crippen molar-refractivity contribution in [2.75, 3.05) is 13.2 Å². The molecule has 0 aromatic heterocycles. The highest BCUT2D eigenvalue weighted by Gasteiger charge is 2.39. The first-order chi connectivity index (χ1) is 12.1. The molecular formula is C19H28ClN3O3. The van der Waals surface area contributed by atoms with E-state index >= 15 is 0 Å². The molecule has 4 N–H and O–H groups in total. The molecule has 2 saturated carbocycles. The lowest BCUT2D eigenvalue weighted by Gasteiger charge is -2.45. The van der Waals surface area contributed by atoms with Crippen molar-refractivity contribution < 1.29 is 14.3 Å². The van der Waals surface area contributed by atoms with Gasteiger partial charge in [0.05, 0.1) is 6.54 Å². The van der Waals surface area contributed by atoms with E-state index in [1.165, 1.54) is 6.42 Å². The van der Waals surface area contributed by atoms with Crippen LogP contribution in [0.25, 0.3) is 0 Å². The van der Waals surface area contributed by atoms with Gasteiger partial charge in [0.1, 0.15) is 5.75 Å². The third-order valence-electron chi connectivity index (χ3n) is 5.26. The molecule has 2 aliphatic carbocycles. The van der Waals surface area contributed by atoms with Crippen LogP contribution in [0.5, 0.6) is 5.75 Å². The molecular weight excluding hydrogens is 354 g/mol. The number of nitrogens with one attached hydrogen (secondary N) is 2. The Kier molecular flexibility index (Phi) is 7.72. The Morgan fingerprint density at radius 1 is 1.08 bits per heavy atom. The fraction of sp³-hybridized carbons (Fsp3) is 0.579. The van der Waals surface area contributed by atoms with Gasteiger partial charge in [0.15, 0.2) is 6.61 Å². The molecule has 2 atom stereocenters. The van der Waals surface area contributed by atoms with Crippen molar-refractivity contribution >= 4 is 24.2 Å². The second-order valence-corrected chi connectivity index (χ2v) is 7.15. The zero-order valence-corrected chi connectivity index (χ0v) is 15.7. The quantitative estimate of drug-likeness (QED) is 0.698. The minimum absolute atomic E-state index is 0. The number of nitrogens with two attached hydrogens (primary N) is 1. The second kappa shape index (κ2) is 9.78. The van der Waals surface area contributed by atoms with E-state index in [1.54, 1.807) is 12.1 Å². The fourth-order valence-electron chi connectivity index (χ4n) is 4.16.